The monoisotopic (exact) mass is 534 g/mol. The predicted octanol–water partition coefficient (Wildman–Crippen LogP) is 5.60. The van der Waals surface area contributed by atoms with E-state index in [0.29, 0.717) is 11.1 Å². The van der Waals surface area contributed by atoms with Crippen molar-refractivity contribution in [2.24, 2.45) is 0 Å². The number of rotatable bonds is 9. The molecule has 0 radical (unpaired) electrons. The van der Waals surface area contributed by atoms with Crippen LogP contribution >= 0.6 is 7.14 Å². The number of nitrogens with zero attached hydrogens (tertiary/aromatic N) is 2. The molecule has 9 heteroatoms. The maximum absolute atomic E-state index is 13.3. The first-order chi connectivity index (χ1) is 18.2. The largest absolute Gasteiger partial charge is 0.489 e. The van der Waals surface area contributed by atoms with Gasteiger partial charge < -0.3 is 34.0 Å². The topological polar surface area (TPSA) is 88.7 Å². The van der Waals surface area contributed by atoms with Gasteiger partial charge in [-0.05, 0) is 87.3 Å². The number of likely N-dealkylation sites (tertiary alicyclic amines) is 1. The first-order valence-corrected chi connectivity index (χ1v) is 15.3. The highest BCUT2D eigenvalue weighted by molar-refractivity contribution is 7.70. The highest BCUT2D eigenvalue weighted by Crippen LogP contribution is 2.43. The predicted molar refractivity (Wildman–Crippen MR) is 154 cm³/mol. The molecule has 4 aromatic rings. The van der Waals surface area contributed by atoms with Crippen molar-refractivity contribution in [1.82, 2.24) is 14.9 Å². The van der Waals surface area contributed by atoms with Crippen molar-refractivity contribution < 1.29 is 18.8 Å². The maximum Gasteiger partial charge on any atom is 0.188 e. The van der Waals surface area contributed by atoms with Crippen LogP contribution in [0.15, 0.2) is 54.7 Å². The summed E-state index contributed by atoms with van der Waals surface area (Å²) in [5.74, 6) is 1.43. The number of nitrogens with one attached hydrogen (secondary N) is 2. The minimum Gasteiger partial charge on any atom is -0.489 e. The summed E-state index contributed by atoms with van der Waals surface area (Å²) in [5, 5.41) is 5.15. The highest BCUT2D eigenvalue weighted by Gasteiger charge is 2.24. The average molecular weight is 535 g/mol. The third kappa shape index (κ3) is 5.58. The van der Waals surface area contributed by atoms with Crippen molar-refractivity contribution in [1.29, 1.82) is 0 Å². The Bertz CT molecular complexity index is 1480. The van der Waals surface area contributed by atoms with Gasteiger partial charge in [0.05, 0.1) is 16.7 Å². The van der Waals surface area contributed by atoms with Gasteiger partial charge in [0.25, 0.3) is 0 Å². The van der Waals surface area contributed by atoms with Gasteiger partial charge in [-0.1, -0.05) is 6.07 Å². The van der Waals surface area contributed by atoms with Gasteiger partial charge in [0.15, 0.2) is 6.79 Å². The van der Waals surface area contributed by atoms with E-state index in [4.69, 9.17) is 14.2 Å². The lowest BCUT2D eigenvalue weighted by molar-refractivity contribution is 0.0519. The molecule has 2 aromatic carbocycles. The van der Waals surface area contributed by atoms with Crippen molar-refractivity contribution >= 4 is 34.9 Å². The third-order valence-electron chi connectivity index (χ3n) is 6.79. The van der Waals surface area contributed by atoms with Crippen LogP contribution in [0.25, 0.3) is 22.3 Å². The normalized spacial score (nSPS) is 16.2. The average Bonchev–Trinajstić information content (AvgIpc) is 3.50. The fourth-order valence-corrected chi connectivity index (χ4v) is 6.32. The number of anilines is 2. The van der Waals surface area contributed by atoms with Crippen LogP contribution in [0.3, 0.4) is 0 Å². The minimum atomic E-state index is -2.69. The van der Waals surface area contributed by atoms with E-state index in [2.05, 4.69) is 45.4 Å². The van der Waals surface area contributed by atoms with Gasteiger partial charge in [-0.15, -0.1) is 0 Å². The van der Waals surface area contributed by atoms with Crippen molar-refractivity contribution in [2.45, 2.75) is 19.4 Å². The second kappa shape index (κ2) is 10.8. The van der Waals surface area contributed by atoms with Crippen LogP contribution in [0.5, 0.6) is 11.5 Å². The van der Waals surface area contributed by atoms with E-state index in [0.717, 1.165) is 64.5 Å². The Kier molecular flexibility index (Phi) is 7.48. The summed E-state index contributed by atoms with van der Waals surface area (Å²) in [4.78, 5) is 10.4. The number of methoxy groups -OCH3 is 1. The van der Waals surface area contributed by atoms with E-state index in [1.165, 1.54) is 0 Å². The maximum atomic E-state index is 13.3. The third-order valence-corrected chi connectivity index (χ3v) is 8.33. The van der Waals surface area contributed by atoms with Gasteiger partial charge in [-0.25, -0.2) is 4.98 Å². The van der Waals surface area contributed by atoms with Crippen LogP contribution in [-0.4, -0.2) is 68.3 Å². The van der Waals surface area contributed by atoms with Gasteiger partial charge >= 0.3 is 0 Å². The second-order valence-corrected chi connectivity index (χ2v) is 13.4. The molecule has 38 heavy (non-hydrogen) atoms. The Morgan fingerprint density at radius 1 is 1.18 bits per heavy atom. The van der Waals surface area contributed by atoms with Crippen molar-refractivity contribution in [3.8, 4) is 22.8 Å². The van der Waals surface area contributed by atoms with E-state index < -0.39 is 7.14 Å². The molecular weight excluding hydrogens is 499 g/mol. The molecule has 1 unspecified atom stereocenters. The number of hydrogen-bond acceptors (Lipinski definition) is 7. The molecule has 8 nitrogen and oxygen atoms in total. The molecule has 1 fully saturated rings. The van der Waals surface area contributed by atoms with Crippen LogP contribution in [-0.2, 0) is 9.30 Å². The molecule has 0 amide bonds. The summed E-state index contributed by atoms with van der Waals surface area (Å²) < 4.78 is 30.3. The first-order valence-electron chi connectivity index (χ1n) is 12.7. The van der Waals surface area contributed by atoms with E-state index >= 15 is 0 Å². The van der Waals surface area contributed by atoms with Crippen LogP contribution in [0.4, 0.5) is 11.4 Å². The van der Waals surface area contributed by atoms with Gasteiger partial charge in [0, 0.05) is 37.5 Å². The van der Waals surface area contributed by atoms with Crippen LogP contribution in [0, 0.1) is 6.92 Å². The number of likely N-dealkylation sites (N-methyl/N-ethyl adjacent to an activating group) is 1. The van der Waals surface area contributed by atoms with E-state index in [-0.39, 0.29) is 12.9 Å². The number of ether oxygens (including phenoxy) is 3. The number of aromatic nitrogens is 2. The summed E-state index contributed by atoms with van der Waals surface area (Å²) in [7, 11) is 0.997. The molecule has 2 N–H and O–H groups in total. The second-order valence-electron chi connectivity index (χ2n) is 10.3. The molecule has 3 heterocycles. The molecular formula is C29H35N4O4P. The summed E-state index contributed by atoms with van der Waals surface area (Å²) in [6.07, 6.45) is 3.13. The molecule has 0 spiro atoms. The fourth-order valence-electron chi connectivity index (χ4n) is 4.94. The van der Waals surface area contributed by atoms with Crippen LogP contribution in [0.2, 0.25) is 0 Å². The SMILES string of the molecule is COCOc1cccc(Nc2c(C)cnc3[nH]c(-c4ccc(OC5CCN(C)C5)cc4)cc23)c1P(C)(C)=O. The summed E-state index contributed by atoms with van der Waals surface area (Å²) in [6.45, 7) is 7.61. The molecule has 5 rings (SSSR count). The molecule has 1 atom stereocenters. The summed E-state index contributed by atoms with van der Waals surface area (Å²) >= 11 is 0. The van der Waals surface area contributed by atoms with Crippen molar-refractivity contribution in [3.05, 3.63) is 60.3 Å². The van der Waals surface area contributed by atoms with Gasteiger partial charge in [-0.3, -0.25) is 0 Å². The number of fused-ring (bicyclic) bond motifs is 1. The summed E-state index contributed by atoms with van der Waals surface area (Å²) in [5.41, 5.74) is 5.40. The molecule has 0 aliphatic carbocycles. The zero-order chi connectivity index (χ0) is 26.9. The zero-order valence-electron chi connectivity index (χ0n) is 22.6. The molecule has 0 bridgehead atoms. The van der Waals surface area contributed by atoms with E-state index in [1.54, 1.807) is 20.4 Å². The Morgan fingerprint density at radius 2 is 1.97 bits per heavy atom. The van der Waals surface area contributed by atoms with Gasteiger partial charge in [0.2, 0.25) is 0 Å². The lowest BCUT2D eigenvalue weighted by Crippen LogP contribution is -2.21. The Morgan fingerprint density at radius 3 is 2.66 bits per heavy atom. The lowest BCUT2D eigenvalue weighted by Gasteiger charge is -2.20. The molecule has 200 valence electrons. The molecule has 2 aromatic heterocycles. The van der Waals surface area contributed by atoms with Gasteiger partial charge in [-0.2, -0.15) is 0 Å². The number of H-pyrrole nitrogens is 1. The Hall–Kier alpha value is -3.32. The number of benzene rings is 2. The van der Waals surface area contributed by atoms with Crippen molar-refractivity contribution in [3.63, 3.8) is 0 Å². The number of hydrogen-bond donors (Lipinski definition) is 2. The standard InChI is InChI=1S/C29H35N4O4P/c1-19-16-30-29-23(27(19)31-24-7-6-8-26(36-18-35-3)28(24)38(4,5)34)15-25(32-29)20-9-11-21(12-10-20)37-22-13-14-33(2)17-22/h6-12,15-16,22H,13-14,17-18H2,1-5H3,(H2,30,31,32). The van der Waals surface area contributed by atoms with E-state index in [9.17, 15) is 4.57 Å². The fraction of sp³-hybridized carbons (Fsp3) is 0.345. The number of pyridine rings is 1. The molecule has 1 saturated heterocycles. The molecule has 0 saturated carbocycles. The summed E-state index contributed by atoms with van der Waals surface area (Å²) in [6, 6.07) is 15.9. The number of aromatic amines is 1. The smallest absolute Gasteiger partial charge is 0.188 e. The molecule has 1 aliphatic heterocycles. The highest BCUT2D eigenvalue weighted by atomic mass is 31.2. The lowest BCUT2D eigenvalue weighted by atomic mass is 10.1. The van der Waals surface area contributed by atoms with E-state index in [1.807, 2.05) is 43.5 Å². The van der Waals surface area contributed by atoms with Crippen LogP contribution < -0.4 is 20.1 Å². The number of aryl methyl sites for hydroxylation is 1. The van der Waals surface area contributed by atoms with Crippen LogP contribution in [0.1, 0.15) is 12.0 Å². The minimum absolute atomic E-state index is 0.0810. The Labute approximate surface area is 223 Å². The molecule has 1 aliphatic rings. The Balaban J connectivity index is 1.46. The zero-order valence-corrected chi connectivity index (χ0v) is 23.5. The quantitative estimate of drug-likeness (QED) is 0.214. The van der Waals surface area contributed by atoms with Gasteiger partial charge in [0.1, 0.15) is 30.4 Å². The first kappa shape index (κ1) is 26.3. The van der Waals surface area contributed by atoms with Crippen molar-refractivity contribution in [2.75, 3.05) is 52.7 Å².